The number of alkyl halides is 3. The number of benzene rings is 1. The molecule has 12 heteroatoms. The molecule has 0 fully saturated rings. The topological polar surface area (TPSA) is 124 Å². The van der Waals surface area contributed by atoms with Crippen LogP contribution in [0.5, 0.6) is 5.75 Å². The summed E-state index contributed by atoms with van der Waals surface area (Å²) in [5.41, 5.74) is 4.97. The molecule has 192 valence electrons. The van der Waals surface area contributed by atoms with Crippen LogP contribution in [0.1, 0.15) is 41.8 Å². The monoisotopic (exact) mass is 505 g/mol. The molecule has 0 aliphatic rings. The Kier molecular flexibility index (Phi) is 7.98. The third-order valence-electron chi connectivity index (χ3n) is 5.50. The highest BCUT2D eigenvalue weighted by Crippen LogP contribution is 2.37. The minimum atomic E-state index is -4.66. The standard InChI is InChI=1S/C24H26F3N5O4/c1-5-15(28)21-20(22(34)29-12-18(33)32(6-2)7-3)31-23(36-21)14-8-10-16(35-4)19-13(14)9-11-17(30-19)24(25,26)27/h5,8-11,15H,1,6-7,12,28H2,2-4H3,(H,29,34). The first kappa shape index (κ1) is 26.7. The minimum Gasteiger partial charge on any atom is -0.494 e. The maximum atomic E-state index is 13.2. The Morgan fingerprint density at radius 3 is 2.50 bits per heavy atom. The molecule has 36 heavy (non-hydrogen) atoms. The number of fused-ring (bicyclic) bond motifs is 1. The van der Waals surface area contributed by atoms with Gasteiger partial charge in [0.25, 0.3) is 5.91 Å². The van der Waals surface area contributed by atoms with Crippen molar-refractivity contribution in [1.82, 2.24) is 20.2 Å². The van der Waals surface area contributed by atoms with Gasteiger partial charge in [-0.15, -0.1) is 6.58 Å². The second-order valence-electron chi connectivity index (χ2n) is 7.65. The van der Waals surface area contributed by atoms with E-state index in [1.807, 2.05) is 13.8 Å². The normalized spacial score (nSPS) is 12.3. The van der Waals surface area contributed by atoms with Gasteiger partial charge in [0.1, 0.15) is 17.0 Å². The zero-order chi connectivity index (χ0) is 26.6. The Bertz CT molecular complexity index is 1280. The van der Waals surface area contributed by atoms with E-state index in [4.69, 9.17) is 14.9 Å². The van der Waals surface area contributed by atoms with Crippen molar-refractivity contribution in [2.75, 3.05) is 26.7 Å². The lowest BCUT2D eigenvalue weighted by Crippen LogP contribution is -2.40. The molecule has 0 saturated heterocycles. The van der Waals surface area contributed by atoms with Crippen molar-refractivity contribution < 1.29 is 31.9 Å². The summed E-state index contributed by atoms with van der Waals surface area (Å²) in [5, 5.41) is 2.77. The van der Waals surface area contributed by atoms with E-state index in [1.165, 1.54) is 31.4 Å². The van der Waals surface area contributed by atoms with Crippen LogP contribution in [0.2, 0.25) is 0 Å². The second-order valence-corrected chi connectivity index (χ2v) is 7.65. The van der Waals surface area contributed by atoms with Crippen molar-refractivity contribution >= 4 is 22.7 Å². The molecule has 2 amide bonds. The number of methoxy groups -OCH3 is 1. The van der Waals surface area contributed by atoms with Gasteiger partial charge in [-0.2, -0.15) is 13.2 Å². The number of nitrogens with one attached hydrogen (secondary N) is 1. The molecule has 3 rings (SSSR count). The molecule has 1 unspecified atom stereocenters. The highest BCUT2D eigenvalue weighted by molar-refractivity contribution is 5.99. The number of ether oxygens (including phenoxy) is 1. The first-order chi connectivity index (χ1) is 17.0. The molecule has 9 nitrogen and oxygen atoms in total. The summed E-state index contributed by atoms with van der Waals surface area (Å²) in [6, 6.07) is 4.09. The maximum absolute atomic E-state index is 13.2. The summed E-state index contributed by atoms with van der Waals surface area (Å²) in [7, 11) is 1.31. The van der Waals surface area contributed by atoms with Gasteiger partial charge in [-0.1, -0.05) is 6.08 Å². The van der Waals surface area contributed by atoms with Gasteiger partial charge >= 0.3 is 6.18 Å². The highest BCUT2D eigenvalue weighted by atomic mass is 19.4. The fourth-order valence-electron chi connectivity index (χ4n) is 3.57. The smallest absolute Gasteiger partial charge is 0.433 e. The molecule has 3 aromatic rings. The number of carbonyl (C=O) groups is 2. The lowest BCUT2D eigenvalue weighted by molar-refractivity contribution is -0.141. The van der Waals surface area contributed by atoms with Gasteiger partial charge in [-0.25, -0.2) is 9.97 Å². The van der Waals surface area contributed by atoms with Crippen molar-refractivity contribution in [3.05, 3.63) is 54.1 Å². The number of nitrogens with two attached hydrogens (primary N) is 1. The Hall–Kier alpha value is -3.93. The van der Waals surface area contributed by atoms with Crippen LogP contribution in [0, 0.1) is 0 Å². The average Bonchev–Trinajstić information content (AvgIpc) is 3.31. The number of halogens is 3. The van der Waals surface area contributed by atoms with E-state index in [-0.39, 0.29) is 52.0 Å². The highest BCUT2D eigenvalue weighted by Gasteiger charge is 2.33. The molecule has 2 aromatic heterocycles. The van der Waals surface area contributed by atoms with E-state index >= 15 is 0 Å². The van der Waals surface area contributed by atoms with Crippen LogP contribution in [0.4, 0.5) is 13.2 Å². The Morgan fingerprint density at radius 1 is 1.22 bits per heavy atom. The largest absolute Gasteiger partial charge is 0.494 e. The molecular formula is C24H26F3N5O4. The summed E-state index contributed by atoms with van der Waals surface area (Å²) < 4.78 is 50.7. The first-order valence-electron chi connectivity index (χ1n) is 11.1. The van der Waals surface area contributed by atoms with Gasteiger partial charge < -0.3 is 25.1 Å². The summed E-state index contributed by atoms with van der Waals surface area (Å²) in [6.07, 6.45) is -3.32. The number of amides is 2. The molecule has 0 spiro atoms. The van der Waals surface area contributed by atoms with Crippen molar-refractivity contribution in [2.45, 2.75) is 26.1 Å². The molecule has 2 heterocycles. The SMILES string of the molecule is C=CC(N)c1oc(-c2ccc(OC)c3nc(C(F)(F)F)ccc23)nc1C(=O)NCC(=O)N(CC)CC. The van der Waals surface area contributed by atoms with E-state index in [0.29, 0.717) is 13.1 Å². The number of hydrogen-bond donors (Lipinski definition) is 2. The number of oxazole rings is 1. The molecule has 0 aliphatic heterocycles. The van der Waals surface area contributed by atoms with Crippen LogP contribution in [-0.2, 0) is 11.0 Å². The van der Waals surface area contributed by atoms with Crippen molar-refractivity contribution in [3.8, 4) is 17.2 Å². The van der Waals surface area contributed by atoms with Gasteiger partial charge in [0.05, 0.1) is 19.7 Å². The molecule has 1 aromatic carbocycles. The van der Waals surface area contributed by atoms with E-state index in [9.17, 15) is 22.8 Å². The minimum absolute atomic E-state index is 0.0170. The Labute approximate surface area is 205 Å². The lowest BCUT2D eigenvalue weighted by atomic mass is 10.1. The van der Waals surface area contributed by atoms with Crippen LogP contribution in [-0.4, -0.2) is 53.4 Å². The quantitative estimate of drug-likeness (QED) is 0.425. The van der Waals surface area contributed by atoms with E-state index < -0.39 is 23.8 Å². The van der Waals surface area contributed by atoms with Gasteiger partial charge in [-0.3, -0.25) is 9.59 Å². The fraction of sp³-hybridized carbons (Fsp3) is 0.333. The van der Waals surface area contributed by atoms with Gasteiger partial charge in [0.15, 0.2) is 11.5 Å². The number of pyridine rings is 1. The lowest BCUT2D eigenvalue weighted by Gasteiger charge is -2.18. The molecule has 0 bridgehead atoms. The number of rotatable bonds is 9. The number of hydrogen-bond acceptors (Lipinski definition) is 7. The molecular weight excluding hydrogens is 479 g/mol. The molecule has 3 N–H and O–H groups in total. The van der Waals surface area contributed by atoms with Crippen molar-refractivity contribution in [3.63, 3.8) is 0 Å². The van der Waals surface area contributed by atoms with Crippen LogP contribution in [0.3, 0.4) is 0 Å². The third kappa shape index (κ3) is 5.33. The van der Waals surface area contributed by atoms with E-state index in [2.05, 4.69) is 21.9 Å². The van der Waals surface area contributed by atoms with Crippen LogP contribution < -0.4 is 15.8 Å². The van der Waals surface area contributed by atoms with Gasteiger partial charge in [0.2, 0.25) is 11.8 Å². The van der Waals surface area contributed by atoms with Gasteiger partial charge in [-0.05, 0) is 38.1 Å². The second kappa shape index (κ2) is 10.8. The zero-order valence-corrected chi connectivity index (χ0v) is 20.0. The fourth-order valence-corrected chi connectivity index (χ4v) is 3.57. The Morgan fingerprint density at radius 2 is 1.92 bits per heavy atom. The molecule has 1 atom stereocenters. The van der Waals surface area contributed by atoms with Crippen LogP contribution >= 0.6 is 0 Å². The Balaban J connectivity index is 2.06. The van der Waals surface area contributed by atoms with Crippen molar-refractivity contribution in [1.29, 1.82) is 0 Å². The molecule has 0 radical (unpaired) electrons. The van der Waals surface area contributed by atoms with E-state index in [1.54, 1.807) is 4.90 Å². The summed E-state index contributed by atoms with van der Waals surface area (Å²) in [6.45, 7) is 7.96. The van der Waals surface area contributed by atoms with Crippen molar-refractivity contribution in [2.24, 2.45) is 5.73 Å². The number of aromatic nitrogens is 2. The predicted octanol–water partition coefficient (Wildman–Crippen LogP) is 3.70. The maximum Gasteiger partial charge on any atom is 0.433 e. The number of likely N-dealkylation sites (N-methyl/N-ethyl adjacent to an activating group) is 1. The first-order valence-corrected chi connectivity index (χ1v) is 11.1. The number of carbonyl (C=O) groups excluding carboxylic acids is 2. The summed E-state index contributed by atoms with van der Waals surface area (Å²) in [5.74, 6) is -0.955. The molecule has 0 saturated carbocycles. The zero-order valence-electron chi connectivity index (χ0n) is 20.0. The average molecular weight is 505 g/mol. The predicted molar refractivity (Wildman–Crippen MR) is 126 cm³/mol. The summed E-state index contributed by atoms with van der Waals surface area (Å²) >= 11 is 0. The van der Waals surface area contributed by atoms with E-state index in [0.717, 1.165) is 6.07 Å². The van der Waals surface area contributed by atoms with Crippen LogP contribution in [0.15, 0.2) is 41.3 Å². The number of nitrogens with zero attached hydrogens (tertiary/aromatic N) is 3. The molecule has 0 aliphatic carbocycles. The van der Waals surface area contributed by atoms with Gasteiger partial charge in [0, 0.05) is 24.0 Å². The third-order valence-corrected chi connectivity index (χ3v) is 5.50. The van der Waals surface area contributed by atoms with Crippen LogP contribution in [0.25, 0.3) is 22.4 Å². The summed E-state index contributed by atoms with van der Waals surface area (Å²) in [4.78, 5) is 34.7.